The number of aromatic amines is 1. The van der Waals surface area contributed by atoms with Gasteiger partial charge in [-0.1, -0.05) is 30.0 Å². The van der Waals surface area contributed by atoms with Crippen molar-refractivity contribution in [3.05, 3.63) is 57.3 Å². The first-order valence-electron chi connectivity index (χ1n) is 7.59. The van der Waals surface area contributed by atoms with E-state index in [0.29, 0.717) is 22.3 Å². The van der Waals surface area contributed by atoms with Crippen molar-refractivity contribution in [2.45, 2.75) is 36.6 Å². The molecule has 0 fully saturated rings. The number of thioether (sulfide) groups is 1. The number of halogens is 1. The first kappa shape index (κ1) is 14.4. The first-order valence-corrected chi connectivity index (χ1v) is 8.58. The normalized spacial score (nSPS) is 14.1. The minimum absolute atomic E-state index is 0.0646. The molecular weight excluding hydrogens is 315 g/mol. The summed E-state index contributed by atoms with van der Waals surface area (Å²) in [5.41, 5.74) is 2.39. The fraction of sp³-hybridized carbons (Fsp3) is 0.312. The summed E-state index contributed by atoms with van der Waals surface area (Å²) in [6.45, 7) is 0. The van der Waals surface area contributed by atoms with Crippen LogP contribution in [0.15, 0.2) is 34.2 Å². The van der Waals surface area contributed by atoms with Crippen molar-refractivity contribution in [1.82, 2.24) is 19.6 Å². The Kier molecular flexibility index (Phi) is 3.65. The van der Waals surface area contributed by atoms with Crippen molar-refractivity contribution in [1.29, 1.82) is 0 Å². The lowest BCUT2D eigenvalue weighted by molar-refractivity contribution is 0.617. The van der Waals surface area contributed by atoms with Crippen LogP contribution in [-0.4, -0.2) is 19.6 Å². The Bertz CT molecular complexity index is 933. The molecule has 4 rings (SSSR count). The van der Waals surface area contributed by atoms with Gasteiger partial charge in [-0.15, -0.1) is 10.2 Å². The molecule has 0 atom stereocenters. The molecule has 3 aromatic rings. The van der Waals surface area contributed by atoms with Crippen LogP contribution >= 0.6 is 11.8 Å². The number of hydrogen-bond acceptors (Lipinski definition) is 4. The second kappa shape index (κ2) is 5.81. The zero-order valence-corrected chi connectivity index (χ0v) is 13.2. The summed E-state index contributed by atoms with van der Waals surface area (Å²) < 4.78 is 15.7. The summed E-state index contributed by atoms with van der Waals surface area (Å²) in [5.74, 6) is 0.720. The molecule has 2 aromatic heterocycles. The number of aryl methyl sites for hydroxylation is 1. The zero-order valence-electron chi connectivity index (χ0n) is 12.4. The predicted molar refractivity (Wildman–Crippen MR) is 86.2 cm³/mol. The molecule has 1 aromatic carbocycles. The lowest BCUT2D eigenvalue weighted by atomic mass is 9.97. The van der Waals surface area contributed by atoms with E-state index in [-0.39, 0.29) is 11.4 Å². The van der Waals surface area contributed by atoms with Gasteiger partial charge in [0.2, 0.25) is 5.78 Å². The van der Waals surface area contributed by atoms with E-state index in [1.807, 2.05) is 10.5 Å². The molecular formula is C16H15FN4OS. The van der Waals surface area contributed by atoms with Gasteiger partial charge in [0.15, 0.2) is 5.16 Å². The van der Waals surface area contributed by atoms with E-state index in [0.717, 1.165) is 36.9 Å². The summed E-state index contributed by atoms with van der Waals surface area (Å²) in [7, 11) is 0. The van der Waals surface area contributed by atoms with E-state index in [1.54, 1.807) is 12.1 Å². The number of hydrogen-bond donors (Lipinski definition) is 1. The van der Waals surface area contributed by atoms with Crippen LogP contribution in [0.5, 0.6) is 0 Å². The van der Waals surface area contributed by atoms with E-state index in [1.165, 1.54) is 17.8 Å². The highest BCUT2D eigenvalue weighted by Crippen LogP contribution is 2.26. The average molecular weight is 330 g/mol. The molecule has 0 aliphatic heterocycles. The molecule has 5 nitrogen and oxygen atoms in total. The first-order chi connectivity index (χ1) is 11.2. The van der Waals surface area contributed by atoms with Gasteiger partial charge in [0.25, 0.3) is 5.56 Å². The maximum absolute atomic E-state index is 13.8. The van der Waals surface area contributed by atoms with E-state index in [9.17, 15) is 9.18 Å². The molecule has 0 saturated carbocycles. The van der Waals surface area contributed by atoms with Crippen LogP contribution in [0.4, 0.5) is 4.39 Å². The van der Waals surface area contributed by atoms with E-state index >= 15 is 0 Å². The molecule has 0 radical (unpaired) electrons. The zero-order chi connectivity index (χ0) is 15.8. The lowest BCUT2D eigenvalue weighted by Crippen LogP contribution is -2.22. The standard InChI is InChI=1S/C16H15FN4OS/c17-12-7-3-1-5-10(12)9-23-16-20-19-15-18-14(22)11-6-2-4-8-13(11)21(15)16/h1,3,5,7H,2,4,6,8-9H2,(H,18,19,22). The number of rotatable bonds is 3. The van der Waals surface area contributed by atoms with Crippen LogP contribution in [0.2, 0.25) is 0 Å². The largest absolute Gasteiger partial charge is 0.290 e. The van der Waals surface area contributed by atoms with Gasteiger partial charge in [0.05, 0.1) is 0 Å². The molecule has 1 aliphatic rings. The Morgan fingerprint density at radius 3 is 2.91 bits per heavy atom. The Balaban J connectivity index is 1.73. The Hall–Kier alpha value is -2.15. The molecule has 7 heteroatoms. The van der Waals surface area contributed by atoms with Gasteiger partial charge in [-0.25, -0.2) is 4.39 Å². The van der Waals surface area contributed by atoms with Crippen LogP contribution in [0.25, 0.3) is 5.78 Å². The van der Waals surface area contributed by atoms with E-state index in [2.05, 4.69) is 15.2 Å². The van der Waals surface area contributed by atoms with Crippen molar-refractivity contribution >= 4 is 17.5 Å². The average Bonchev–Trinajstić information content (AvgIpc) is 2.97. The molecule has 0 saturated heterocycles. The van der Waals surface area contributed by atoms with E-state index in [4.69, 9.17) is 0 Å². The quantitative estimate of drug-likeness (QED) is 0.750. The molecule has 118 valence electrons. The van der Waals surface area contributed by atoms with Gasteiger partial charge in [-0.2, -0.15) is 0 Å². The summed E-state index contributed by atoms with van der Waals surface area (Å²) in [6, 6.07) is 6.72. The van der Waals surface area contributed by atoms with Gasteiger partial charge in [-0.3, -0.25) is 14.2 Å². The van der Waals surface area contributed by atoms with Crippen molar-refractivity contribution in [2.75, 3.05) is 0 Å². The van der Waals surface area contributed by atoms with Crippen molar-refractivity contribution in [3.63, 3.8) is 0 Å². The number of aromatic nitrogens is 4. The van der Waals surface area contributed by atoms with Crippen molar-refractivity contribution < 1.29 is 4.39 Å². The van der Waals surface area contributed by atoms with Gasteiger partial charge in [-0.05, 0) is 37.3 Å². The van der Waals surface area contributed by atoms with Crippen molar-refractivity contribution in [2.24, 2.45) is 0 Å². The number of nitrogens with zero attached hydrogens (tertiary/aromatic N) is 3. The third-order valence-corrected chi connectivity index (χ3v) is 5.13. The Labute approximate surface area is 136 Å². The molecule has 1 aliphatic carbocycles. The number of nitrogens with one attached hydrogen (secondary N) is 1. The third kappa shape index (κ3) is 2.55. The molecule has 2 heterocycles. The Morgan fingerprint density at radius 1 is 1.22 bits per heavy atom. The second-order valence-corrected chi connectivity index (χ2v) is 6.55. The van der Waals surface area contributed by atoms with Gasteiger partial charge < -0.3 is 0 Å². The molecule has 0 spiro atoms. The van der Waals surface area contributed by atoms with Gasteiger partial charge >= 0.3 is 0 Å². The monoisotopic (exact) mass is 330 g/mol. The van der Waals surface area contributed by atoms with Crippen LogP contribution in [0.3, 0.4) is 0 Å². The molecule has 0 amide bonds. The fourth-order valence-electron chi connectivity index (χ4n) is 3.00. The predicted octanol–water partition coefficient (Wildman–Crippen LogP) is 2.73. The van der Waals surface area contributed by atoms with Gasteiger partial charge in [0.1, 0.15) is 5.82 Å². The Morgan fingerprint density at radius 2 is 2.04 bits per heavy atom. The van der Waals surface area contributed by atoms with Crippen LogP contribution < -0.4 is 5.56 Å². The van der Waals surface area contributed by atoms with Gasteiger partial charge in [0, 0.05) is 17.0 Å². The van der Waals surface area contributed by atoms with E-state index < -0.39 is 0 Å². The number of benzene rings is 1. The highest BCUT2D eigenvalue weighted by molar-refractivity contribution is 7.98. The minimum atomic E-state index is -0.218. The van der Waals surface area contributed by atoms with Crippen LogP contribution in [-0.2, 0) is 18.6 Å². The van der Waals surface area contributed by atoms with Crippen molar-refractivity contribution in [3.8, 4) is 0 Å². The van der Waals surface area contributed by atoms with Crippen LogP contribution in [0, 0.1) is 5.82 Å². The lowest BCUT2D eigenvalue weighted by Gasteiger charge is -2.16. The topological polar surface area (TPSA) is 63.0 Å². The maximum Gasteiger partial charge on any atom is 0.255 e. The maximum atomic E-state index is 13.8. The fourth-order valence-corrected chi connectivity index (χ4v) is 3.95. The SMILES string of the molecule is O=c1[nH]c2nnc(SCc3ccccc3F)n2c2c1CCCC2. The summed E-state index contributed by atoms with van der Waals surface area (Å²) in [5, 5.41) is 8.93. The van der Waals surface area contributed by atoms with Crippen LogP contribution in [0.1, 0.15) is 29.7 Å². The number of H-pyrrole nitrogens is 1. The summed E-state index contributed by atoms with van der Waals surface area (Å²) in [6.07, 6.45) is 3.72. The highest BCUT2D eigenvalue weighted by Gasteiger charge is 2.20. The number of fused-ring (bicyclic) bond motifs is 3. The molecule has 0 unspecified atom stereocenters. The summed E-state index contributed by atoms with van der Waals surface area (Å²) in [4.78, 5) is 14.9. The molecule has 1 N–H and O–H groups in total. The molecule has 23 heavy (non-hydrogen) atoms. The highest BCUT2D eigenvalue weighted by atomic mass is 32.2. The minimum Gasteiger partial charge on any atom is -0.290 e. The molecule has 0 bridgehead atoms. The second-order valence-electron chi connectivity index (χ2n) is 5.61. The summed E-state index contributed by atoms with van der Waals surface area (Å²) >= 11 is 1.43. The third-order valence-electron chi connectivity index (χ3n) is 4.16. The smallest absolute Gasteiger partial charge is 0.255 e.